The standard InChI is InChI=1S/C21H32BNO3/c1-15(2)13-23(19(24)17-9-10-17)14-16-7-11-18(12-8-16)22-25-20(3,4)21(5,6)26-22/h7-8,11-12,15,17H,9-10,13-14H2,1-6H3. The Labute approximate surface area is 158 Å². The number of hydrogen-bond acceptors (Lipinski definition) is 3. The van der Waals surface area contributed by atoms with E-state index in [4.69, 9.17) is 9.31 Å². The maximum Gasteiger partial charge on any atom is 0.494 e. The molecule has 1 aromatic rings. The van der Waals surface area contributed by atoms with Crippen LogP contribution < -0.4 is 5.46 Å². The first-order valence-electron chi connectivity index (χ1n) is 9.82. The second-order valence-electron chi connectivity index (χ2n) is 9.22. The summed E-state index contributed by atoms with van der Waals surface area (Å²) < 4.78 is 12.2. The molecule has 2 aliphatic rings. The van der Waals surface area contributed by atoms with Crippen molar-refractivity contribution in [2.24, 2.45) is 11.8 Å². The highest BCUT2D eigenvalue weighted by Crippen LogP contribution is 2.36. The van der Waals surface area contributed by atoms with E-state index in [-0.39, 0.29) is 24.2 Å². The Morgan fingerprint density at radius 1 is 1.12 bits per heavy atom. The van der Waals surface area contributed by atoms with Crippen molar-refractivity contribution in [2.75, 3.05) is 6.54 Å². The minimum Gasteiger partial charge on any atom is -0.399 e. The average Bonchev–Trinajstić information content (AvgIpc) is 3.34. The number of nitrogens with zero attached hydrogens (tertiary/aromatic N) is 1. The van der Waals surface area contributed by atoms with Gasteiger partial charge in [-0.2, -0.15) is 0 Å². The first-order chi connectivity index (χ1) is 12.1. The highest BCUT2D eigenvalue weighted by molar-refractivity contribution is 6.62. The SMILES string of the molecule is CC(C)CN(Cc1ccc(B2OC(C)(C)C(C)(C)O2)cc1)C(=O)C1CC1. The predicted molar refractivity (Wildman–Crippen MR) is 105 cm³/mol. The molecule has 0 spiro atoms. The molecule has 1 aromatic carbocycles. The maximum absolute atomic E-state index is 12.6. The van der Waals surface area contributed by atoms with Crippen LogP contribution in [-0.2, 0) is 20.6 Å². The molecule has 0 radical (unpaired) electrons. The summed E-state index contributed by atoms with van der Waals surface area (Å²) in [7, 11) is -0.339. The van der Waals surface area contributed by atoms with Gasteiger partial charge in [0.25, 0.3) is 0 Å². The van der Waals surface area contributed by atoms with E-state index in [9.17, 15) is 4.79 Å². The second kappa shape index (κ2) is 7.01. The highest BCUT2D eigenvalue weighted by atomic mass is 16.7. The van der Waals surface area contributed by atoms with Crippen LogP contribution in [0.5, 0.6) is 0 Å². The molecule has 1 aliphatic heterocycles. The lowest BCUT2D eigenvalue weighted by atomic mass is 9.79. The number of carbonyl (C=O) groups is 1. The van der Waals surface area contributed by atoms with Gasteiger partial charge < -0.3 is 14.2 Å². The van der Waals surface area contributed by atoms with Crippen LogP contribution in [0.25, 0.3) is 0 Å². The van der Waals surface area contributed by atoms with Crippen molar-refractivity contribution in [2.45, 2.75) is 72.1 Å². The van der Waals surface area contributed by atoms with Crippen molar-refractivity contribution >= 4 is 18.5 Å². The summed E-state index contributed by atoms with van der Waals surface area (Å²) >= 11 is 0. The Morgan fingerprint density at radius 2 is 1.65 bits per heavy atom. The van der Waals surface area contributed by atoms with Crippen molar-refractivity contribution in [1.29, 1.82) is 0 Å². The summed E-state index contributed by atoms with van der Waals surface area (Å²) in [5.74, 6) is 1.05. The third-order valence-corrected chi connectivity index (χ3v) is 5.70. The zero-order valence-corrected chi connectivity index (χ0v) is 17.0. The molecule has 5 heteroatoms. The van der Waals surface area contributed by atoms with Gasteiger partial charge in [0.15, 0.2) is 0 Å². The Balaban J connectivity index is 1.68. The zero-order valence-electron chi connectivity index (χ0n) is 17.0. The lowest BCUT2D eigenvalue weighted by molar-refractivity contribution is -0.133. The molecular weight excluding hydrogens is 325 g/mol. The molecule has 1 heterocycles. The first-order valence-corrected chi connectivity index (χ1v) is 9.82. The summed E-state index contributed by atoms with van der Waals surface area (Å²) in [5.41, 5.74) is 1.51. The normalized spacial score (nSPS) is 21.3. The van der Waals surface area contributed by atoms with Gasteiger partial charge in [-0.15, -0.1) is 0 Å². The fourth-order valence-corrected chi connectivity index (χ4v) is 3.24. The molecule has 1 saturated carbocycles. The monoisotopic (exact) mass is 357 g/mol. The van der Waals surface area contributed by atoms with Crippen molar-refractivity contribution in [3.63, 3.8) is 0 Å². The molecule has 2 fully saturated rings. The van der Waals surface area contributed by atoms with Gasteiger partial charge in [0.2, 0.25) is 5.91 Å². The number of hydrogen-bond donors (Lipinski definition) is 0. The highest BCUT2D eigenvalue weighted by Gasteiger charge is 2.51. The van der Waals surface area contributed by atoms with E-state index >= 15 is 0 Å². The van der Waals surface area contributed by atoms with Crippen molar-refractivity contribution in [3.8, 4) is 0 Å². The Kier molecular flexibility index (Phi) is 5.24. The van der Waals surface area contributed by atoms with E-state index in [0.717, 1.165) is 30.4 Å². The minimum atomic E-state index is -0.339. The summed E-state index contributed by atoms with van der Waals surface area (Å²) in [5, 5.41) is 0. The molecule has 3 rings (SSSR count). The first kappa shape index (κ1) is 19.4. The number of rotatable bonds is 6. The number of carbonyl (C=O) groups excluding carboxylic acids is 1. The largest absolute Gasteiger partial charge is 0.494 e. The van der Waals surface area contributed by atoms with Gasteiger partial charge in [0, 0.05) is 19.0 Å². The Bertz CT molecular complexity index is 634. The van der Waals surface area contributed by atoms with Crippen LogP contribution >= 0.6 is 0 Å². The Hall–Kier alpha value is -1.33. The lowest BCUT2D eigenvalue weighted by Gasteiger charge is -2.32. The predicted octanol–water partition coefficient (Wildman–Crippen LogP) is 3.38. The van der Waals surface area contributed by atoms with Crippen LogP contribution in [0.3, 0.4) is 0 Å². The van der Waals surface area contributed by atoms with Crippen LogP contribution in [0.2, 0.25) is 0 Å². The van der Waals surface area contributed by atoms with Gasteiger partial charge >= 0.3 is 7.12 Å². The topological polar surface area (TPSA) is 38.8 Å². The van der Waals surface area contributed by atoms with E-state index < -0.39 is 0 Å². The molecule has 0 atom stereocenters. The fraction of sp³-hybridized carbons (Fsp3) is 0.667. The molecule has 1 aliphatic carbocycles. The summed E-state index contributed by atoms with van der Waals surface area (Å²) in [6, 6.07) is 8.31. The molecule has 0 N–H and O–H groups in total. The van der Waals surface area contributed by atoms with E-state index in [1.54, 1.807) is 0 Å². The van der Waals surface area contributed by atoms with E-state index in [0.29, 0.717) is 18.4 Å². The van der Waals surface area contributed by atoms with E-state index in [1.807, 2.05) is 4.90 Å². The molecule has 1 saturated heterocycles. The molecule has 0 aromatic heterocycles. The second-order valence-corrected chi connectivity index (χ2v) is 9.22. The summed E-state index contributed by atoms with van der Waals surface area (Å²) in [6.07, 6.45) is 2.10. The summed E-state index contributed by atoms with van der Waals surface area (Å²) in [4.78, 5) is 14.6. The van der Waals surface area contributed by atoms with Gasteiger partial charge in [-0.05, 0) is 57.5 Å². The van der Waals surface area contributed by atoms with Gasteiger partial charge in [-0.1, -0.05) is 38.1 Å². The molecule has 1 amide bonds. The van der Waals surface area contributed by atoms with Gasteiger partial charge in [0.05, 0.1) is 11.2 Å². The molecular formula is C21H32BNO3. The molecule has 142 valence electrons. The third-order valence-electron chi connectivity index (χ3n) is 5.70. The molecule has 26 heavy (non-hydrogen) atoms. The smallest absolute Gasteiger partial charge is 0.399 e. The molecule has 4 nitrogen and oxygen atoms in total. The van der Waals surface area contributed by atoms with E-state index in [1.165, 1.54) is 0 Å². The van der Waals surface area contributed by atoms with Crippen LogP contribution in [0, 0.1) is 11.8 Å². The maximum atomic E-state index is 12.6. The van der Waals surface area contributed by atoms with Crippen LogP contribution in [0.15, 0.2) is 24.3 Å². The van der Waals surface area contributed by atoms with Crippen LogP contribution in [-0.4, -0.2) is 35.7 Å². The summed E-state index contributed by atoms with van der Waals surface area (Å²) in [6.45, 7) is 14.1. The molecule has 0 unspecified atom stereocenters. The third kappa shape index (κ3) is 4.15. The van der Waals surface area contributed by atoms with Crippen molar-refractivity contribution in [3.05, 3.63) is 29.8 Å². The molecule has 0 bridgehead atoms. The zero-order chi connectivity index (χ0) is 19.1. The van der Waals surface area contributed by atoms with Crippen molar-refractivity contribution < 1.29 is 14.1 Å². The number of amides is 1. The lowest BCUT2D eigenvalue weighted by Crippen LogP contribution is -2.41. The quantitative estimate of drug-likeness (QED) is 0.733. The van der Waals surface area contributed by atoms with Crippen molar-refractivity contribution in [1.82, 2.24) is 4.90 Å². The number of benzene rings is 1. The fourth-order valence-electron chi connectivity index (χ4n) is 3.24. The van der Waals surface area contributed by atoms with Gasteiger partial charge in [0.1, 0.15) is 0 Å². The average molecular weight is 357 g/mol. The van der Waals surface area contributed by atoms with Gasteiger partial charge in [-0.3, -0.25) is 4.79 Å². The van der Waals surface area contributed by atoms with Gasteiger partial charge in [-0.25, -0.2) is 0 Å². The van der Waals surface area contributed by atoms with Crippen LogP contribution in [0.4, 0.5) is 0 Å². The van der Waals surface area contributed by atoms with Crippen LogP contribution in [0.1, 0.15) is 59.9 Å². The minimum absolute atomic E-state index is 0.262. The van der Waals surface area contributed by atoms with E-state index in [2.05, 4.69) is 65.8 Å². The Morgan fingerprint density at radius 3 is 2.12 bits per heavy atom.